The molecule has 1 aromatic rings. The van der Waals surface area contributed by atoms with Crippen LogP contribution >= 0.6 is 15.9 Å². The highest BCUT2D eigenvalue weighted by Gasteiger charge is 2.27. The van der Waals surface area contributed by atoms with Crippen molar-refractivity contribution in [1.29, 1.82) is 0 Å². The highest BCUT2D eigenvalue weighted by molar-refractivity contribution is 9.10. The average Bonchev–Trinajstić information content (AvgIpc) is 3.24. The number of hydrogen-bond acceptors (Lipinski definition) is 3. The standard InChI is InChI=1S/C16H22BrN3O2/c1-10-8-12(17)4-7-14(10)19-15(21)9-20(3)11(2)16(22)18-13-5-6-13/h4,7-8,11,13H,5-6,9H2,1-3H3,(H,18,22)(H,19,21)/t11-/m1/s1. The van der Waals surface area contributed by atoms with Crippen molar-refractivity contribution < 1.29 is 9.59 Å². The van der Waals surface area contributed by atoms with Crippen LogP contribution < -0.4 is 10.6 Å². The third-order valence-corrected chi connectivity index (χ3v) is 4.31. The summed E-state index contributed by atoms with van der Waals surface area (Å²) in [7, 11) is 1.78. The highest BCUT2D eigenvalue weighted by atomic mass is 79.9. The topological polar surface area (TPSA) is 61.4 Å². The first kappa shape index (κ1) is 17.0. The van der Waals surface area contributed by atoms with Gasteiger partial charge in [0.1, 0.15) is 0 Å². The largest absolute Gasteiger partial charge is 0.352 e. The zero-order chi connectivity index (χ0) is 16.3. The van der Waals surface area contributed by atoms with Gasteiger partial charge in [0.15, 0.2) is 0 Å². The van der Waals surface area contributed by atoms with E-state index in [0.717, 1.165) is 28.6 Å². The van der Waals surface area contributed by atoms with Gasteiger partial charge in [-0.3, -0.25) is 14.5 Å². The summed E-state index contributed by atoms with van der Waals surface area (Å²) in [5, 5.41) is 5.84. The molecule has 2 N–H and O–H groups in total. The molecule has 1 saturated carbocycles. The van der Waals surface area contributed by atoms with Gasteiger partial charge in [-0.1, -0.05) is 15.9 Å². The summed E-state index contributed by atoms with van der Waals surface area (Å²) >= 11 is 3.40. The summed E-state index contributed by atoms with van der Waals surface area (Å²) in [4.78, 5) is 25.9. The Morgan fingerprint density at radius 1 is 1.41 bits per heavy atom. The fourth-order valence-electron chi connectivity index (χ4n) is 2.07. The van der Waals surface area contributed by atoms with Gasteiger partial charge in [-0.2, -0.15) is 0 Å². The molecule has 0 bridgehead atoms. The van der Waals surface area contributed by atoms with E-state index < -0.39 is 0 Å². The third kappa shape index (κ3) is 4.81. The van der Waals surface area contributed by atoms with Crippen molar-refractivity contribution in [2.75, 3.05) is 18.9 Å². The van der Waals surface area contributed by atoms with E-state index >= 15 is 0 Å². The number of nitrogens with one attached hydrogen (secondary N) is 2. The lowest BCUT2D eigenvalue weighted by Crippen LogP contribution is -2.46. The van der Waals surface area contributed by atoms with E-state index in [0.29, 0.717) is 6.04 Å². The van der Waals surface area contributed by atoms with Crippen LogP contribution in [0.3, 0.4) is 0 Å². The number of rotatable bonds is 6. The summed E-state index contributed by atoms with van der Waals surface area (Å²) in [6.45, 7) is 3.93. The normalized spacial score (nSPS) is 15.5. The van der Waals surface area contributed by atoms with Gasteiger partial charge in [0.25, 0.3) is 0 Å². The van der Waals surface area contributed by atoms with Crippen LogP contribution in [0.1, 0.15) is 25.3 Å². The lowest BCUT2D eigenvalue weighted by atomic mass is 10.2. The number of benzene rings is 1. The molecule has 2 amide bonds. The minimum Gasteiger partial charge on any atom is -0.352 e. The number of halogens is 1. The predicted molar refractivity (Wildman–Crippen MR) is 90.8 cm³/mol. The number of anilines is 1. The number of carbonyl (C=O) groups excluding carboxylic acids is 2. The summed E-state index contributed by atoms with van der Waals surface area (Å²) in [5.74, 6) is -0.142. The predicted octanol–water partition coefficient (Wildman–Crippen LogP) is 2.29. The minimum absolute atomic E-state index is 0.0161. The van der Waals surface area contributed by atoms with Crippen LogP contribution in [-0.2, 0) is 9.59 Å². The molecule has 0 heterocycles. The molecule has 0 unspecified atom stereocenters. The van der Waals surface area contributed by atoms with E-state index in [9.17, 15) is 9.59 Å². The van der Waals surface area contributed by atoms with E-state index in [1.807, 2.05) is 32.0 Å². The third-order valence-electron chi connectivity index (χ3n) is 3.82. The second-order valence-corrected chi connectivity index (χ2v) is 6.80. The van der Waals surface area contributed by atoms with Crippen LogP contribution in [0.15, 0.2) is 22.7 Å². The Hall–Kier alpha value is -1.40. The molecule has 1 atom stereocenters. The van der Waals surface area contributed by atoms with Gasteiger partial charge in [0, 0.05) is 16.2 Å². The molecule has 1 aliphatic rings. The monoisotopic (exact) mass is 367 g/mol. The summed E-state index contributed by atoms with van der Waals surface area (Å²) in [5.41, 5.74) is 1.78. The molecule has 1 aliphatic carbocycles. The van der Waals surface area contributed by atoms with Crippen molar-refractivity contribution in [3.8, 4) is 0 Å². The molecule has 0 aliphatic heterocycles. The zero-order valence-corrected chi connectivity index (χ0v) is 14.7. The van der Waals surface area contributed by atoms with Gasteiger partial charge >= 0.3 is 0 Å². The van der Waals surface area contributed by atoms with E-state index in [1.54, 1.807) is 11.9 Å². The molecule has 5 nitrogen and oxygen atoms in total. The van der Waals surface area contributed by atoms with Gasteiger partial charge in [-0.15, -0.1) is 0 Å². The number of amides is 2. The van der Waals surface area contributed by atoms with Crippen molar-refractivity contribution in [2.24, 2.45) is 0 Å². The molecule has 0 saturated heterocycles. The first-order chi connectivity index (χ1) is 10.4. The van der Waals surface area contributed by atoms with Gasteiger partial charge in [0.05, 0.1) is 12.6 Å². The molecule has 1 aromatic carbocycles. The SMILES string of the molecule is Cc1cc(Br)ccc1NC(=O)CN(C)[C@H](C)C(=O)NC1CC1. The maximum absolute atomic E-state index is 12.1. The number of nitrogens with zero attached hydrogens (tertiary/aromatic N) is 1. The molecule has 0 radical (unpaired) electrons. The Labute approximate surface area is 139 Å². The second-order valence-electron chi connectivity index (χ2n) is 5.88. The van der Waals surface area contributed by atoms with E-state index in [1.165, 1.54) is 0 Å². The lowest BCUT2D eigenvalue weighted by molar-refractivity contribution is -0.126. The van der Waals surface area contributed by atoms with Gasteiger partial charge in [-0.25, -0.2) is 0 Å². The summed E-state index contributed by atoms with van der Waals surface area (Å²) in [6.07, 6.45) is 2.12. The van der Waals surface area contributed by atoms with Crippen molar-refractivity contribution >= 4 is 33.4 Å². The van der Waals surface area contributed by atoms with Crippen molar-refractivity contribution in [1.82, 2.24) is 10.2 Å². The number of likely N-dealkylation sites (N-methyl/N-ethyl adjacent to an activating group) is 1. The van der Waals surface area contributed by atoms with Crippen LogP contribution in [0.4, 0.5) is 5.69 Å². The number of hydrogen-bond donors (Lipinski definition) is 2. The van der Waals surface area contributed by atoms with Crippen LogP contribution in [0.5, 0.6) is 0 Å². The van der Waals surface area contributed by atoms with Crippen molar-refractivity contribution in [2.45, 2.75) is 38.8 Å². The van der Waals surface area contributed by atoms with Crippen molar-refractivity contribution in [3.05, 3.63) is 28.2 Å². The molecule has 0 spiro atoms. The molecule has 120 valence electrons. The Kier molecular flexibility index (Phi) is 5.58. The van der Waals surface area contributed by atoms with Crippen LogP contribution in [-0.4, -0.2) is 42.4 Å². The fourth-order valence-corrected chi connectivity index (χ4v) is 2.55. The molecular formula is C16H22BrN3O2. The minimum atomic E-state index is -0.322. The summed E-state index contributed by atoms with van der Waals surface area (Å²) in [6, 6.07) is 5.71. The van der Waals surface area contributed by atoms with Crippen LogP contribution in [0, 0.1) is 6.92 Å². The fraction of sp³-hybridized carbons (Fsp3) is 0.500. The maximum atomic E-state index is 12.1. The molecule has 1 fully saturated rings. The summed E-state index contributed by atoms with van der Waals surface area (Å²) < 4.78 is 0.977. The molecule has 6 heteroatoms. The molecule has 2 rings (SSSR count). The Bertz CT molecular complexity index is 573. The molecular weight excluding hydrogens is 346 g/mol. The van der Waals surface area contributed by atoms with E-state index in [-0.39, 0.29) is 24.4 Å². The number of aryl methyl sites for hydroxylation is 1. The Balaban J connectivity index is 1.85. The average molecular weight is 368 g/mol. The van der Waals surface area contributed by atoms with Gasteiger partial charge < -0.3 is 10.6 Å². The van der Waals surface area contributed by atoms with E-state index in [4.69, 9.17) is 0 Å². The smallest absolute Gasteiger partial charge is 0.238 e. The first-order valence-corrected chi connectivity index (χ1v) is 8.22. The van der Waals surface area contributed by atoms with Gasteiger partial charge in [0.2, 0.25) is 11.8 Å². The van der Waals surface area contributed by atoms with E-state index in [2.05, 4.69) is 26.6 Å². The number of carbonyl (C=O) groups is 2. The van der Waals surface area contributed by atoms with Gasteiger partial charge in [-0.05, 0) is 57.5 Å². The molecule has 0 aromatic heterocycles. The zero-order valence-electron chi connectivity index (χ0n) is 13.1. The molecule has 22 heavy (non-hydrogen) atoms. The van der Waals surface area contributed by atoms with Crippen LogP contribution in [0.25, 0.3) is 0 Å². The Morgan fingerprint density at radius 2 is 2.09 bits per heavy atom. The maximum Gasteiger partial charge on any atom is 0.238 e. The quantitative estimate of drug-likeness (QED) is 0.810. The lowest BCUT2D eigenvalue weighted by Gasteiger charge is -2.23. The van der Waals surface area contributed by atoms with Crippen LogP contribution in [0.2, 0.25) is 0 Å². The highest BCUT2D eigenvalue weighted by Crippen LogP contribution is 2.20. The van der Waals surface area contributed by atoms with Crippen molar-refractivity contribution in [3.63, 3.8) is 0 Å². The second kappa shape index (κ2) is 7.24. The Morgan fingerprint density at radius 3 is 2.68 bits per heavy atom. The first-order valence-electron chi connectivity index (χ1n) is 7.43.